The number of hydrogen-bond donors (Lipinski definition) is 1. The van der Waals surface area contributed by atoms with Crippen LogP contribution in [-0.2, 0) is 17.8 Å². The molecule has 0 atom stereocenters. The van der Waals surface area contributed by atoms with E-state index in [0.29, 0.717) is 11.6 Å². The molecule has 0 spiro atoms. The monoisotopic (exact) mass is 348 g/mol. The van der Waals surface area contributed by atoms with Crippen molar-refractivity contribution in [1.29, 1.82) is 0 Å². The molecule has 25 heavy (non-hydrogen) atoms. The Hall–Kier alpha value is -2.70. The maximum absolute atomic E-state index is 13.0. The molecular formula is C18H18F2N2O3. The maximum atomic E-state index is 13.0. The zero-order valence-electron chi connectivity index (χ0n) is 13.9. The number of nitrogens with zero attached hydrogens (tertiary/aromatic N) is 1. The van der Waals surface area contributed by atoms with Gasteiger partial charge in [0.05, 0.1) is 24.9 Å². The maximum Gasteiger partial charge on any atom is 0.586 e. The van der Waals surface area contributed by atoms with E-state index in [9.17, 15) is 13.6 Å². The molecule has 1 amide bonds. The molecule has 0 bridgehead atoms. The van der Waals surface area contributed by atoms with Crippen LogP contribution in [0.5, 0.6) is 11.5 Å². The summed E-state index contributed by atoms with van der Waals surface area (Å²) < 4.78 is 34.6. The van der Waals surface area contributed by atoms with Crippen LogP contribution >= 0.6 is 0 Å². The molecule has 1 aliphatic rings. The molecule has 1 N–H and O–H groups in total. The highest BCUT2D eigenvalue weighted by Crippen LogP contribution is 2.40. The van der Waals surface area contributed by atoms with Gasteiger partial charge in [0.15, 0.2) is 11.5 Å². The van der Waals surface area contributed by atoms with Crippen molar-refractivity contribution in [3.8, 4) is 11.5 Å². The number of hydrogen-bond acceptors (Lipinski definition) is 4. The summed E-state index contributed by atoms with van der Waals surface area (Å²) in [5.41, 5.74) is 2.52. The second-order valence-corrected chi connectivity index (χ2v) is 6.14. The predicted molar refractivity (Wildman–Crippen MR) is 86.5 cm³/mol. The third-order valence-electron chi connectivity index (χ3n) is 3.82. The van der Waals surface area contributed by atoms with Gasteiger partial charge in [0.2, 0.25) is 5.91 Å². The van der Waals surface area contributed by atoms with Gasteiger partial charge < -0.3 is 14.8 Å². The highest BCUT2D eigenvalue weighted by molar-refractivity contribution is 5.78. The molecule has 5 nitrogen and oxygen atoms in total. The lowest BCUT2D eigenvalue weighted by Gasteiger charge is -2.08. The van der Waals surface area contributed by atoms with Crippen molar-refractivity contribution in [3.05, 3.63) is 53.3 Å². The number of pyridine rings is 1. The Morgan fingerprint density at radius 2 is 1.88 bits per heavy atom. The number of alkyl halides is 2. The summed E-state index contributed by atoms with van der Waals surface area (Å²) in [6.07, 6.45) is -2.28. The van der Waals surface area contributed by atoms with Gasteiger partial charge in [-0.05, 0) is 17.0 Å². The fourth-order valence-electron chi connectivity index (χ4n) is 2.45. The largest absolute Gasteiger partial charge is 0.586 e. The number of ether oxygens (including phenoxy) is 2. The van der Waals surface area contributed by atoms with Crippen LogP contribution in [0, 0.1) is 0 Å². The Kier molecular flexibility index (Phi) is 4.57. The topological polar surface area (TPSA) is 60.5 Å². The summed E-state index contributed by atoms with van der Waals surface area (Å²) in [4.78, 5) is 16.0. The summed E-state index contributed by atoms with van der Waals surface area (Å²) in [7, 11) is 0. The first-order valence-electron chi connectivity index (χ1n) is 7.93. The number of fused-ring (bicyclic) bond motifs is 1. The molecule has 1 aromatic carbocycles. The van der Waals surface area contributed by atoms with Gasteiger partial charge in [0, 0.05) is 6.07 Å². The average Bonchev–Trinajstić information content (AvgIpc) is 2.86. The third-order valence-corrected chi connectivity index (χ3v) is 3.82. The van der Waals surface area contributed by atoms with Crippen molar-refractivity contribution in [1.82, 2.24) is 10.3 Å². The first-order chi connectivity index (χ1) is 11.8. The van der Waals surface area contributed by atoms with Gasteiger partial charge in [0.25, 0.3) is 0 Å². The lowest BCUT2D eigenvalue weighted by atomic mass is 10.0. The van der Waals surface area contributed by atoms with Crippen LogP contribution in [-0.4, -0.2) is 17.2 Å². The van der Waals surface area contributed by atoms with Crippen molar-refractivity contribution in [3.63, 3.8) is 0 Å². The van der Waals surface area contributed by atoms with Gasteiger partial charge in [-0.15, -0.1) is 8.78 Å². The standard InChI is InChI=1S/C18H18F2N2O3/c1-11(2)13-5-3-12(4-6-13)7-17(23)22-9-14-8-15-16(10-21-14)25-18(19,20)24-15/h3-6,8,10-11H,7,9H2,1-2H3,(H,22,23). The number of nitrogens with one attached hydrogen (secondary N) is 1. The third kappa shape index (κ3) is 4.23. The summed E-state index contributed by atoms with van der Waals surface area (Å²) in [6.45, 7) is 4.33. The van der Waals surface area contributed by atoms with E-state index in [4.69, 9.17) is 0 Å². The first kappa shape index (κ1) is 17.1. The molecule has 7 heteroatoms. The van der Waals surface area contributed by atoms with Crippen LogP contribution in [0.1, 0.15) is 36.6 Å². The number of halogens is 2. The Labute approximate surface area is 144 Å². The van der Waals surface area contributed by atoms with Crippen LogP contribution < -0.4 is 14.8 Å². The molecule has 0 aliphatic carbocycles. The molecule has 2 aromatic rings. The fourth-order valence-corrected chi connectivity index (χ4v) is 2.45. The SMILES string of the molecule is CC(C)c1ccc(CC(=O)NCc2cc3c(cn2)OC(F)(F)O3)cc1. The highest BCUT2D eigenvalue weighted by Gasteiger charge is 2.43. The fraction of sp³-hybridized carbons (Fsp3) is 0.333. The molecule has 132 valence electrons. The van der Waals surface area contributed by atoms with E-state index in [-0.39, 0.29) is 30.4 Å². The van der Waals surface area contributed by atoms with Gasteiger partial charge in [0.1, 0.15) is 0 Å². The van der Waals surface area contributed by atoms with E-state index in [1.807, 2.05) is 24.3 Å². The summed E-state index contributed by atoms with van der Waals surface area (Å²) in [5, 5.41) is 2.71. The number of benzene rings is 1. The van der Waals surface area contributed by atoms with E-state index in [2.05, 4.69) is 33.6 Å². The minimum Gasteiger partial charge on any atom is -0.395 e. The Balaban J connectivity index is 1.54. The van der Waals surface area contributed by atoms with E-state index in [1.165, 1.54) is 11.6 Å². The normalized spacial score (nSPS) is 14.6. The summed E-state index contributed by atoms with van der Waals surface area (Å²) in [5.74, 6) is 0.0493. The van der Waals surface area contributed by atoms with Crippen LogP contribution in [0.4, 0.5) is 8.78 Å². The van der Waals surface area contributed by atoms with E-state index >= 15 is 0 Å². The van der Waals surface area contributed by atoms with Gasteiger partial charge >= 0.3 is 6.29 Å². The zero-order valence-corrected chi connectivity index (χ0v) is 13.9. The number of aromatic nitrogens is 1. The minimum absolute atomic E-state index is 0.0893. The van der Waals surface area contributed by atoms with Crippen LogP contribution in [0.15, 0.2) is 36.5 Å². The van der Waals surface area contributed by atoms with Crippen LogP contribution in [0.3, 0.4) is 0 Å². The van der Waals surface area contributed by atoms with Crippen molar-refractivity contribution in [2.45, 2.75) is 39.0 Å². The quantitative estimate of drug-likeness (QED) is 0.900. The smallest absolute Gasteiger partial charge is 0.395 e. The molecule has 0 saturated carbocycles. The second kappa shape index (κ2) is 6.66. The number of rotatable bonds is 5. The van der Waals surface area contributed by atoms with Gasteiger partial charge in [-0.25, -0.2) is 0 Å². The molecular weight excluding hydrogens is 330 g/mol. The molecule has 1 aromatic heterocycles. The molecule has 0 unspecified atom stereocenters. The van der Waals surface area contributed by atoms with Crippen molar-refractivity contribution in [2.24, 2.45) is 0 Å². The zero-order chi connectivity index (χ0) is 18.0. The molecule has 2 heterocycles. The van der Waals surface area contributed by atoms with E-state index < -0.39 is 6.29 Å². The van der Waals surface area contributed by atoms with Crippen molar-refractivity contribution in [2.75, 3.05) is 0 Å². The summed E-state index contributed by atoms with van der Waals surface area (Å²) >= 11 is 0. The summed E-state index contributed by atoms with van der Waals surface area (Å²) in [6, 6.07) is 9.19. The molecule has 0 saturated heterocycles. The highest BCUT2D eigenvalue weighted by atomic mass is 19.3. The van der Waals surface area contributed by atoms with Gasteiger partial charge in [-0.3, -0.25) is 9.78 Å². The van der Waals surface area contributed by atoms with Crippen molar-refractivity contribution < 1.29 is 23.0 Å². The Morgan fingerprint density at radius 3 is 2.56 bits per heavy atom. The lowest BCUT2D eigenvalue weighted by Crippen LogP contribution is -2.26. The number of amides is 1. The predicted octanol–water partition coefficient (Wildman–Crippen LogP) is 3.39. The van der Waals surface area contributed by atoms with Crippen LogP contribution in [0.2, 0.25) is 0 Å². The van der Waals surface area contributed by atoms with Gasteiger partial charge in [-0.2, -0.15) is 0 Å². The van der Waals surface area contributed by atoms with E-state index in [1.54, 1.807) is 0 Å². The molecule has 3 rings (SSSR count). The number of carbonyl (C=O) groups is 1. The first-order valence-corrected chi connectivity index (χ1v) is 7.93. The van der Waals surface area contributed by atoms with Crippen LogP contribution in [0.25, 0.3) is 0 Å². The molecule has 0 radical (unpaired) electrons. The molecule has 0 fully saturated rings. The minimum atomic E-state index is -3.67. The van der Waals surface area contributed by atoms with E-state index in [0.717, 1.165) is 11.8 Å². The second-order valence-electron chi connectivity index (χ2n) is 6.14. The Morgan fingerprint density at radius 1 is 1.20 bits per heavy atom. The number of carbonyl (C=O) groups excluding carboxylic acids is 1. The lowest BCUT2D eigenvalue weighted by molar-refractivity contribution is -0.286. The van der Waals surface area contributed by atoms with Crippen molar-refractivity contribution >= 4 is 5.91 Å². The molecule has 1 aliphatic heterocycles. The Bertz CT molecular complexity index is 776. The average molecular weight is 348 g/mol. The van der Waals surface area contributed by atoms with Gasteiger partial charge in [-0.1, -0.05) is 38.1 Å².